The lowest BCUT2D eigenvalue weighted by molar-refractivity contribution is 0.232. The molecule has 4 heteroatoms. The van der Waals surface area contributed by atoms with Gasteiger partial charge in [0, 0.05) is 11.6 Å². The number of rotatable bonds is 3. The molecule has 0 fully saturated rings. The fourth-order valence-corrected chi connectivity index (χ4v) is 1.73. The van der Waals surface area contributed by atoms with Crippen LogP contribution >= 0.6 is 0 Å². The van der Waals surface area contributed by atoms with Crippen LogP contribution in [0.25, 0.3) is 5.57 Å². The molecule has 98 valence electrons. The first-order valence-electron chi connectivity index (χ1n) is 5.57. The largest absolute Gasteiger partial charge is 0.384 e. The number of hydrogen-bond acceptors (Lipinski definition) is 1. The van der Waals surface area contributed by atoms with E-state index in [0.717, 1.165) is 12.1 Å². The van der Waals surface area contributed by atoms with E-state index in [0.29, 0.717) is 11.6 Å². The molecule has 0 heterocycles. The molecular weight excluding hydrogens is 253 g/mol. The summed E-state index contributed by atoms with van der Waals surface area (Å²) in [5, 5.41) is 10.0. The molecule has 0 aliphatic carbocycles. The molecule has 2 aromatic rings. The van der Waals surface area contributed by atoms with Crippen molar-refractivity contribution in [2.45, 2.75) is 6.10 Å². The summed E-state index contributed by atoms with van der Waals surface area (Å²) in [4.78, 5) is 0. The third kappa shape index (κ3) is 2.85. The Morgan fingerprint density at radius 2 is 1.53 bits per heavy atom. The highest BCUT2D eigenvalue weighted by Gasteiger charge is 2.17. The molecular formula is C15H11F3O. The molecule has 0 radical (unpaired) electrons. The molecule has 0 aromatic heterocycles. The summed E-state index contributed by atoms with van der Waals surface area (Å²) in [6, 6.07) is 8.20. The van der Waals surface area contributed by atoms with Gasteiger partial charge >= 0.3 is 0 Å². The van der Waals surface area contributed by atoms with Crippen molar-refractivity contribution in [2.24, 2.45) is 0 Å². The highest BCUT2D eigenvalue weighted by molar-refractivity contribution is 5.68. The molecule has 0 amide bonds. The summed E-state index contributed by atoms with van der Waals surface area (Å²) in [5.41, 5.74) is 0.624. The van der Waals surface area contributed by atoms with Crippen molar-refractivity contribution < 1.29 is 18.3 Å². The zero-order valence-corrected chi connectivity index (χ0v) is 9.91. The van der Waals surface area contributed by atoms with E-state index in [1.807, 2.05) is 0 Å². The van der Waals surface area contributed by atoms with Crippen LogP contribution in [-0.2, 0) is 0 Å². The summed E-state index contributed by atoms with van der Waals surface area (Å²) in [6.45, 7) is 3.66. The van der Waals surface area contributed by atoms with Crippen molar-refractivity contribution in [3.63, 3.8) is 0 Å². The van der Waals surface area contributed by atoms with Gasteiger partial charge in [0.1, 0.15) is 23.6 Å². The average Bonchev–Trinajstić information content (AvgIpc) is 2.38. The Labute approximate surface area is 108 Å². The lowest BCUT2D eigenvalue weighted by Gasteiger charge is -2.15. The smallest absolute Gasteiger partial charge is 0.132 e. The van der Waals surface area contributed by atoms with E-state index in [4.69, 9.17) is 0 Å². The molecule has 1 nitrogen and oxygen atoms in total. The van der Waals surface area contributed by atoms with Crippen molar-refractivity contribution in [1.29, 1.82) is 0 Å². The van der Waals surface area contributed by atoms with Gasteiger partial charge in [0.15, 0.2) is 0 Å². The molecule has 0 aliphatic heterocycles. The Balaban J connectivity index is 2.30. The minimum absolute atomic E-state index is 0.0734. The van der Waals surface area contributed by atoms with Crippen LogP contribution in [0.2, 0.25) is 0 Å². The first kappa shape index (κ1) is 13.4. The van der Waals surface area contributed by atoms with Crippen LogP contribution in [0, 0.1) is 17.5 Å². The Hall–Kier alpha value is -2.07. The Morgan fingerprint density at radius 1 is 0.947 bits per heavy atom. The van der Waals surface area contributed by atoms with Crippen molar-refractivity contribution in [3.8, 4) is 0 Å². The van der Waals surface area contributed by atoms with E-state index in [2.05, 4.69) is 6.58 Å². The second-order valence-corrected chi connectivity index (χ2v) is 4.10. The van der Waals surface area contributed by atoms with Gasteiger partial charge in [-0.1, -0.05) is 24.8 Å². The normalized spacial score (nSPS) is 12.2. The molecule has 1 atom stereocenters. The van der Waals surface area contributed by atoms with E-state index in [1.54, 1.807) is 0 Å². The second kappa shape index (κ2) is 5.28. The van der Waals surface area contributed by atoms with Gasteiger partial charge in [-0.25, -0.2) is 13.2 Å². The fraction of sp³-hybridized carbons (Fsp3) is 0.0667. The molecule has 1 N–H and O–H groups in total. The third-order valence-corrected chi connectivity index (χ3v) is 2.80. The van der Waals surface area contributed by atoms with Crippen molar-refractivity contribution in [3.05, 3.63) is 77.6 Å². The zero-order chi connectivity index (χ0) is 14.0. The highest BCUT2D eigenvalue weighted by Crippen LogP contribution is 2.30. The summed E-state index contributed by atoms with van der Waals surface area (Å²) < 4.78 is 39.1. The third-order valence-electron chi connectivity index (χ3n) is 2.80. The molecule has 2 rings (SSSR count). The predicted molar refractivity (Wildman–Crippen MR) is 66.8 cm³/mol. The maximum atomic E-state index is 13.5. The maximum Gasteiger partial charge on any atom is 0.132 e. The Morgan fingerprint density at radius 3 is 2.11 bits per heavy atom. The van der Waals surface area contributed by atoms with E-state index in [9.17, 15) is 18.3 Å². The van der Waals surface area contributed by atoms with E-state index < -0.39 is 23.6 Å². The van der Waals surface area contributed by atoms with Gasteiger partial charge in [-0.2, -0.15) is 0 Å². The number of halogens is 3. The van der Waals surface area contributed by atoms with Gasteiger partial charge in [-0.15, -0.1) is 0 Å². The van der Waals surface area contributed by atoms with Gasteiger partial charge in [-0.3, -0.25) is 0 Å². The van der Waals surface area contributed by atoms with Crippen molar-refractivity contribution in [1.82, 2.24) is 0 Å². The number of hydrogen-bond donors (Lipinski definition) is 1. The second-order valence-electron chi connectivity index (χ2n) is 4.10. The lowest BCUT2D eigenvalue weighted by Crippen LogP contribution is -2.03. The van der Waals surface area contributed by atoms with Gasteiger partial charge in [-0.05, 0) is 29.3 Å². The van der Waals surface area contributed by atoms with Gasteiger partial charge in [0.05, 0.1) is 0 Å². The maximum absolute atomic E-state index is 13.5. The molecule has 2 aromatic carbocycles. The fourth-order valence-electron chi connectivity index (χ4n) is 1.73. The van der Waals surface area contributed by atoms with Crippen molar-refractivity contribution in [2.75, 3.05) is 0 Å². The highest BCUT2D eigenvalue weighted by atomic mass is 19.1. The standard InChI is InChI=1S/C15H11F3O/c1-9(10-2-4-11(16)5-3-10)15(19)13-7-6-12(17)8-14(13)18/h2-8,15,19H,1H2. The van der Waals surface area contributed by atoms with Gasteiger partial charge < -0.3 is 5.11 Å². The molecule has 0 spiro atoms. The van der Waals surface area contributed by atoms with Crippen LogP contribution < -0.4 is 0 Å². The minimum Gasteiger partial charge on any atom is -0.384 e. The molecule has 0 saturated carbocycles. The number of aliphatic hydroxyl groups excluding tert-OH is 1. The SMILES string of the molecule is C=C(c1ccc(F)cc1)C(O)c1ccc(F)cc1F. The monoisotopic (exact) mass is 264 g/mol. The van der Waals surface area contributed by atoms with Crippen LogP contribution in [-0.4, -0.2) is 5.11 Å². The average molecular weight is 264 g/mol. The molecule has 0 aliphatic rings. The van der Waals surface area contributed by atoms with E-state index >= 15 is 0 Å². The van der Waals surface area contributed by atoms with Crippen LogP contribution in [0.15, 0.2) is 49.0 Å². The van der Waals surface area contributed by atoms with Gasteiger partial charge in [0.2, 0.25) is 0 Å². The van der Waals surface area contributed by atoms with Crippen molar-refractivity contribution >= 4 is 5.57 Å². The topological polar surface area (TPSA) is 20.2 Å². The van der Waals surface area contributed by atoms with E-state index in [-0.39, 0.29) is 11.1 Å². The number of aliphatic hydroxyl groups is 1. The quantitative estimate of drug-likeness (QED) is 0.892. The summed E-state index contributed by atoms with van der Waals surface area (Å²) >= 11 is 0. The molecule has 19 heavy (non-hydrogen) atoms. The van der Waals surface area contributed by atoms with E-state index in [1.165, 1.54) is 24.3 Å². The summed E-state index contributed by atoms with van der Waals surface area (Å²) in [7, 11) is 0. The van der Waals surface area contributed by atoms with Crippen LogP contribution in [0.3, 0.4) is 0 Å². The lowest BCUT2D eigenvalue weighted by atomic mass is 9.96. The summed E-state index contributed by atoms with van der Waals surface area (Å²) in [6.07, 6.45) is -1.31. The minimum atomic E-state index is -1.31. The van der Waals surface area contributed by atoms with Crippen LogP contribution in [0.1, 0.15) is 17.2 Å². The molecule has 0 bridgehead atoms. The first-order valence-corrected chi connectivity index (χ1v) is 5.57. The Kier molecular flexibility index (Phi) is 3.71. The summed E-state index contributed by atoms with van der Waals surface area (Å²) in [5.74, 6) is -1.99. The zero-order valence-electron chi connectivity index (χ0n) is 9.91. The number of benzene rings is 2. The first-order chi connectivity index (χ1) is 8.99. The predicted octanol–water partition coefficient (Wildman–Crippen LogP) is 3.85. The van der Waals surface area contributed by atoms with Crippen LogP contribution in [0.4, 0.5) is 13.2 Å². The molecule has 1 unspecified atom stereocenters. The molecule has 0 saturated heterocycles. The Bertz CT molecular complexity index is 605. The van der Waals surface area contributed by atoms with Gasteiger partial charge in [0.25, 0.3) is 0 Å². The van der Waals surface area contributed by atoms with Crippen LogP contribution in [0.5, 0.6) is 0 Å².